The largest absolute Gasteiger partial charge is 0.496 e. The maximum absolute atomic E-state index is 13.4. The number of hydrogen-bond acceptors (Lipinski definition) is 10. The first-order chi connectivity index (χ1) is 19.9. The average molecular weight is 619 g/mol. The van der Waals surface area contributed by atoms with E-state index in [1.54, 1.807) is 35.1 Å². The fraction of sp³-hybridized carbons (Fsp3) is 0.269. The molecule has 0 atom stereocenters. The molecular weight excluding hydrogens is 588 g/mol. The van der Waals surface area contributed by atoms with Crippen molar-refractivity contribution in [2.75, 3.05) is 24.7 Å². The quantitative estimate of drug-likeness (QED) is 0.212. The Morgan fingerprint density at radius 2 is 1.86 bits per heavy atom. The van der Waals surface area contributed by atoms with Crippen LogP contribution in [0.2, 0.25) is 0 Å². The van der Waals surface area contributed by atoms with E-state index < -0.39 is 31.7 Å². The van der Waals surface area contributed by atoms with Crippen LogP contribution in [0.1, 0.15) is 23.6 Å². The van der Waals surface area contributed by atoms with E-state index in [1.165, 1.54) is 20.4 Å². The second kappa shape index (κ2) is 12.1. The van der Waals surface area contributed by atoms with Crippen molar-refractivity contribution < 1.29 is 35.6 Å². The minimum atomic E-state index is -4.21. The molecule has 14 nitrogen and oxygen atoms in total. The molecule has 2 heterocycles. The highest BCUT2D eigenvalue weighted by Crippen LogP contribution is 2.35. The zero-order valence-electron chi connectivity index (χ0n) is 23.1. The Hall–Kier alpha value is -4.57. The molecule has 0 aliphatic rings. The van der Waals surface area contributed by atoms with Crippen LogP contribution in [0.25, 0.3) is 11.0 Å². The summed E-state index contributed by atoms with van der Waals surface area (Å²) >= 11 is 0. The molecular formula is C26H30N6O8S2. The molecule has 0 spiro atoms. The summed E-state index contributed by atoms with van der Waals surface area (Å²) in [6.07, 6.45) is 4.87. The van der Waals surface area contributed by atoms with Gasteiger partial charge in [0.25, 0.3) is 10.0 Å². The van der Waals surface area contributed by atoms with Crippen molar-refractivity contribution >= 4 is 42.6 Å². The van der Waals surface area contributed by atoms with Crippen LogP contribution in [-0.4, -0.2) is 62.0 Å². The van der Waals surface area contributed by atoms with Crippen molar-refractivity contribution in [3.8, 4) is 11.5 Å². The predicted molar refractivity (Wildman–Crippen MR) is 154 cm³/mol. The lowest BCUT2D eigenvalue weighted by atomic mass is 10.1. The Bertz CT molecular complexity index is 1850. The minimum absolute atomic E-state index is 0.107. The van der Waals surface area contributed by atoms with Crippen molar-refractivity contribution in [3.05, 3.63) is 72.2 Å². The number of nitrogens with one attached hydrogen (secondary N) is 1. The molecule has 0 saturated carbocycles. The number of aryl methyl sites for hydroxylation is 1. The van der Waals surface area contributed by atoms with Gasteiger partial charge in [-0.1, -0.05) is 24.7 Å². The highest BCUT2D eigenvalue weighted by Gasteiger charge is 2.28. The maximum Gasteiger partial charge on any atom is 0.283 e. The second-order valence-corrected chi connectivity index (χ2v) is 12.7. The van der Waals surface area contributed by atoms with Crippen molar-refractivity contribution in [1.29, 1.82) is 0 Å². The van der Waals surface area contributed by atoms with Crippen LogP contribution in [0.3, 0.4) is 0 Å². The zero-order valence-corrected chi connectivity index (χ0v) is 24.7. The molecule has 4 rings (SSSR count). The van der Waals surface area contributed by atoms with Crippen molar-refractivity contribution in [1.82, 2.24) is 19.2 Å². The Labute approximate surface area is 242 Å². The number of amides is 1. The summed E-state index contributed by atoms with van der Waals surface area (Å²) in [6, 6.07) is 8.45. The Morgan fingerprint density at radius 3 is 2.50 bits per heavy atom. The molecule has 2 aromatic carbocycles. The van der Waals surface area contributed by atoms with Crippen LogP contribution < -0.4 is 19.9 Å². The topological polar surface area (TPSA) is 189 Å². The highest BCUT2D eigenvalue weighted by molar-refractivity contribution is 7.92. The summed E-state index contributed by atoms with van der Waals surface area (Å²) < 4.78 is 72.7. The Kier molecular flexibility index (Phi) is 8.77. The fourth-order valence-electron chi connectivity index (χ4n) is 4.23. The molecule has 3 N–H and O–H groups in total. The molecule has 0 fully saturated rings. The number of fused-ring (bicyclic) bond motifs is 1. The number of hydrogen-bond donors (Lipinski definition) is 2. The number of benzene rings is 2. The number of ether oxygens (including phenoxy) is 2. The molecule has 4 aromatic rings. The molecule has 0 aliphatic heterocycles. The van der Waals surface area contributed by atoms with E-state index in [4.69, 9.17) is 19.7 Å². The summed E-state index contributed by atoms with van der Waals surface area (Å²) in [6.45, 7) is 5.54. The zero-order chi connectivity index (χ0) is 30.7. The van der Waals surface area contributed by atoms with E-state index >= 15 is 0 Å². The number of nitrogens with zero attached hydrogens (tertiary/aromatic N) is 4. The van der Waals surface area contributed by atoms with Gasteiger partial charge in [-0.2, -0.15) is 13.5 Å². The number of anilines is 1. The number of nitrogens with two attached hydrogens (primary N) is 1. The van der Waals surface area contributed by atoms with Gasteiger partial charge in [0.15, 0.2) is 5.58 Å². The maximum atomic E-state index is 13.4. The number of aromatic nitrogens is 3. The summed E-state index contributed by atoms with van der Waals surface area (Å²) in [7, 11) is -5.36. The summed E-state index contributed by atoms with van der Waals surface area (Å²) in [5.74, 6) is -1.28. The third-order valence-electron chi connectivity index (χ3n) is 6.21. The first-order valence-electron chi connectivity index (χ1n) is 12.5. The molecule has 42 heavy (non-hydrogen) atoms. The average Bonchev–Trinajstić information content (AvgIpc) is 3.57. The van der Waals surface area contributed by atoms with E-state index in [-0.39, 0.29) is 40.5 Å². The summed E-state index contributed by atoms with van der Waals surface area (Å²) in [4.78, 5) is 11.1. The lowest BCUT2D eigenvalue weighted by Crippen LogP contribution is -2.33. The molecule has 2 aromatic heterocycles. The molecule has 16 heteroatoms. The molecule has 0 bridgehead atoms. The standard InChI is InChI=1S/C26H30N6O8S2/c1-5-17-7-8-21(38-3)20(9-17)30-42(36,37)26-25-22(39-4)10-18(11-23(25)40-29-26)13-31-14-19(12-28-31)15-32(6-2)41(34,35)16-24(27)33/h6-12,14,30H,2,5,13,15-16H2,1,3-4H3,(H2,27,33). The number of sulfonamides is 2. The van der Waals surface area contributed by atoms with Gasteiger partial charge in [0.05, 0.1) is 39.2 Å². The van der Waals surface area contributed by atoms with Crippen LogP contribution >= 0.6 is 0 Å². The van der Waals surface area contributed by atoms with Gasteiger partial charge in [0.2, 0.25) is 21.0 Å². The number of carbonyl (C=O) groups is 1. The Morgan fingerprint density at radius 1 is 1.12 bits per heavy atom. The first-order valence-corrected chi connectivity index (χ1v) is 15.6. The van der Waals surface area contributed by atoms with Crippen LogP contribution in [0.4, 0.5) is 5.69 Å². The normalized spacial score (nSPS) is 11.8. The van der Waals surface area contributed by atoms with Crippen LogP contribution in [-0.2, 0) is 44.4 Å². The van der Waals surface area contributed by atoms with E-state index in [0.29, 0.717) is 23.3 Å². The third kappa shape index (κ3) is 6.49. The Balaban J connectivity index is 1.60. The van der Waals surface area contributed by atoms with E-state index in [1.807, 2.05) is 13.0 Å². The van der Waals surface area contributed by atoms with Crippen LogP contribution in [0.15, 0.2) is 65.1 Å². The molecule has 0 radical (unpaired) electrons. The van der Waals surface area contributed by atoms with E-state index in [2.05, 4.69) is 21.6 Å². The molecule has 0 saturated heterocycles. The number of rotatable bonds is 14. The van der Waals surface area contributed by atoms with Gasteiger partial charge in [-0.05, 0) is 41.8 Å². The van der Waals surface area contributed by atoms with Crippen molar-refractivity contribution in [2.45, 2.75) is 31.5 Å². The number of primary amides is 1. The third-order valence-corrected chi connectivity index (χ3v) is 9.13. The lowest BCUT2D eigenvalue weighted by Gasteiger charge is -2.18. The van der Waals surface area contributed by atoms with E-state index in [9.17, 15) is 21.6 Å². The van der Waals surface area contributed by atoms with Crippen molar-refractivity contribution in [3.63, 3.8) is 0 Å². The molecule has 0 unspecified atom stereocenters. The summed E-state index contributed by atoms with van der Waals surface area (Å²) in [5.41, 5.74) is 7.54. The van der Waals surface area contributed by atoms with Gasteiger partial charge in [0, 0.05) is 18.0 Å². The number of methoxy groups -OCH3 is 2. The first kappa shape index (κ1) is 30.4. The monoisotopic (exact) mass is 618 g/mol. The smallest absolute Gasteiger partial charge is 0.283 e. The van der Waals surface area contributed by atoms with Gasteiger partial charge in [-0.15, -0.1) is 0 Å². The summed E-state index contributed by atoms with van der Waals surface area (Å²) in [5, 5.41) is 7.90. The van der Waals surface area contributed by atoms with Crippen molar-refractivity contribution in [2.24, 2.45) is 5.73 Å². The van der Waals surface area contributed by atoms with Crippen LogP contribution in [0.5, 0.6) is 11.5 Å². The van der Waals surface area contributed by atoms with Gasteiger partial charge in [0.1, 0.15) is 22.6 Å². The second-order valence-electron chi connectivity index (χ2n) is 9.15. The fourth-order valence-corrected chi connectivity index (χ4v) is 6.48. The van der Waals surface area contributed by atoms with Gasteiger partial charge < -0.3 is 19.7 Å². The molecule has 1 amide bonds. The van der Waals surface area contributed by atoms with Gasteiger partial charge >= 0.3 is 0 Å². The van der Waals surface area contributed by atoms with Crippen LogP contribution in [0, 0.1) is 0 Å². The minimum Gasteiger partial charge on any atom is -0.496 e. The molecule has 224 valence electrons. The SMILES string of the molecule is C=CN(Cc1cnn(Cc2cc(OC)c3c(S(=O)(=O)Nc4cc(CC)ccc4OC)noc3c2)c1)S(=O)(=O)CC(N)=O. The highest BCUT2D eigenvalue weighted by atomic mass is 32.2. The predicted octanol–water partition coefficient (Wildman–Crippen LogP) is 2.21. The van der Waals surface area contributed by atoms with E-state index in [0.717, 1.165) is 16.1 Å². The number of carbonyl (C=O) groups excluding carboxylic acids is 1. The lowest BCUT2D eigenvalue weighted by molar-refractivity contribution is -0.115. The molecule has 0 aliphatic carbocycles. The van der Waals surface area contributed by atoms with Gasteiger partial charge in [-0.3, -0.25) is 18.5 Å². The van der Waals surface area contributed by atoms with Gasteiger partial charge in [-0.25, -0.2) is 8.42 Å².